The van der Waals surface area contributed by atoms with Crippen molar-refractivity contribution < 1.29 is 5.11 Å². The van der Waals surface area contributed by atoms with Crippen LogP contribution in [0.3, 0.4) is 0 Å². The predicted octanol–water partition coefficient (Wildman–Crippen LogP) is -0.728. The van der Waals surface area contributed by atoms with Crippen LogP contribution in [0.4, 0.5) is 0 Å². The van der Waals surface area contributed by atoms with Crippen molar-refractivity contribution in [1.82, 2.24) is 14.8 Å². The normalized spacial score (nSPS) is 13.4. The van der Waals surface area contributed by atoms with E-state index in [-0.39, 0.29) is 6.54 Å². The van der Waals surface area contributed by atoms with Gasteiger partial charge < -0.3 is 5.11 Å². The summed E-state index contributed by atoms with van der Waals surface area (Å²) in [4.78, 5) is 22.1. The third kappa shape index (κ3) is 2.59. The third-order valence-electron chi connectivity index (χ3n) is 1.90. The zero-order valence-electron chi connectivity index (χ0n) is 8.28. The van der Waals surface area contributed by atoms with Crippen molar-refractivity contribution in [2.24, 2.45) is 5.92 Å². The molecule has 0 amide bonds. The summed E-state index contributed by atoms with van der Waals surface area (Å²) >= 11 is 0. The zero-order chi connectivity index (χ0) is 10.7. The number of nitrogens with one attached hydrogen (secondary N) is 2. The summed E-state index contributed by atoms with van der Waals surface area (Å²) in [6, 6.07) is 0. The topological polar surface area (TPSA) is 90.9 Å². The fourth-order valence-electron chi connectivity index (χ4n) is 1.33. The minimum atomic E-state index is -0.662. The van der Waals surface area contributed by atoms with Crippen LogP contribution in [-0.2, 0) is 6.54 Å². The molecule has 0 saturated heterocycles. The Morgan fingerprint density at radius 3 is 2.21 bits per heavy atom. The second-order valence-corrected chi connectivity index (χ2v) is 3.75. The number of nitrogens with zero attached hydrogens (tertiary/aromatic N) is 1. The van der Waals surface area contributed by atoms with Gasteiger partial charge in [-0.25, -0.2) is 24.4 Å². The van der Waals surface area contributed by atoms with Gasteiger partial charge in [-0.2, -0.15) is 0 Å². The van der Waals surface area contributed by atoms with Crippen LogP contribution in [0, 0.1) is 5.92 Å². The third-order valence-corrected chi connectivity index (χ3v) is 1.90. The molecule has 1 unspecified atom stereocenters. The minimum absolute atomic E-state index is 0.0375. The van der Waals surface area contributed by atoms with E-state index in [0.717, 1.165) is 4.57 Å². The summed E-state index contributed by atoms with van der Waals surface area (Å²) in [5.41, 5.74) is -1.03. The smallest absolute Gasteiger partial charge is 0.344 e. The van der Waals surface area contributed by atoms with Gasteiger partial charge in [0.25, 0.3) is 0 Å². The summed E-state index contributed by atoms with van der Waals surface area (Å²) in [5.74, 6) is 0.332. The highest BCUT2D eigenvalue weighted by Crippen LogP contribution is 2.04. The van der Waals surface area contributed by atoms with Gasteiger partial charge in [-0.1, -0.05) is 13.8 Å². The number of rotatable bonds is 4. The van der Waals surface area contributed by atoms with Crippen molar-refractivity contribution in [3.8, 4) is 0 Å². The van der Waals surface area contributed by atoms with Crippen LogP contribution in [0.25, 0.3) is 0 Å². The van der Waals surface area contributed by atoms with Crippen LogP contribution >= 0.6 is 0 Å². The molecule has 0 spiro atoms. The number of aliphatic hydroxyl groups excluding tert-OH is 1. The number of H-pyrrole nitrogens is 2. The van der Waals surface area contributed by atoms with Crippen LogP contribution < -0.4 is 11.4 Å². The maximum absolute atomic E-state index is 11.0. The lowest BCUT2D eigenvalue weighted by Gasteiger charge is -2.11. The highest BCUT2D eigenvalue weighted by atomic mass is 16.3. The molecular formula is C8H15N3O3. The maximum Gasteiger partial charge on any atom is 0.344 e. The van der Waals surface area contributed by atoms with Crippen LogP contribution in [0.15, 0.2) is 9.59 Å². The van der Waals surface area contributed by atoms with Crippen LogP contribution in [-0.4, -0.2) is 26.0 Å². The summed E-state index contributed by atoms with van der Waals surface area (Å²) < 4.78 is 0.951. The number of aromatic amines is 2. The van der Waals surface area contributed by atoms with E-state index in [4.69, 9.17) is 0 Å². The van der Waals surface area contributed by atoms with Crippen LogP contribution in [0.1, 0.15) is 20.3 Å². The van der Waals surface area contributed by atoms with Gasteiger partial charge in [0, 0.05) is 0 Å². The van der Waals surface area contributed by atoms with Crippen molar-refractivity contribution >= 4 is 0 Å². The first-order valence-electron chi connectivity index (χ1n) is 4.56. The molecule has 0 aliphatic carbocycles. The fraction of sp³-hybridized carbons (Fsp3) is 0.750. The summed E-state index contributed by atoms with van der Waals surface area (Å²) in [7, 11) is 0. The van der Waals surface area contributed by atoms with Crippen molar-refractivity contribution in [1.29, 1.82) is 0 Å². The highest BCUT2D eigenvalue weighted by Gasteiger charge is 2.11. The van der Waals surface area contributed by atoms with Gasteiger partial charge >= 0.3 is 11.4 Å². The van der Waals surface area contributed by atoms with Gasteiger partial charge in [0.05, 0.1) is 12.6 Å². The second-order valence-electron chi connectivity index (χ2n) is 3.75. The molecule has 6 nitrogen and oxygen atoms in total. The minimum Gasteiger partial charge on any atom is -0.391 e. The molecule has 1 aromatic heterocycles. The number of aliphatic hydroxyl groups is 1. The van der Waals surface area contributed by atoms with E-state index in [1.54, 1.807) is 0 Å². The highest BCUT2D eigenvalue weighted by molar-refractivity contribution is 4.69. The average molecular weight is 201 g/mol. The quantitative estimate of drug-likeness (QED) is 0.600. The van der Waals surface area contributed by atoms with Crippen LogP contribution in [0.2, 0.25) is 0 Å². The molecule has 3 N–H and O–H groups in total. The van der Waals surface area contributed by atoms with Gasteiger partial charge in [0.2, 0.25) is 0 Å². The largest absolute Gasteiger partial charge is 0.391 e. The maximum atomic E-state index is 11.0. The van der Waals surface area contributed by atoms with Gasteiger partial charge in [-0.05, 0) is 12.3 Å². The van der Waals surface area contributed by atoms with E-state index in [9.17, 15) is 14.7 Å². The molecule has 0 bridgehead atoms. The Kier molecular flexibility index (Phi) is 3.29. The Hall–Kier alpha value is -1.30. The Balaban J connectivity index is 2.69. The first kappa shape index (κ1) is 10.8. The summed E-state index contributed by atoms with van der Waals surface area (Å²) in [5, 5.41) is 13.8. The SMILES string of the molecule is CC(C)CC(O)Cn1c(=O)[nH][nH]c1=O. The Morgan fingerprint density at radius 2 is 1.79 bits per heavy atom. The Morgan fingerprint density at radius 1 is 1.29 bits per heavy atom. The van der Waals surface area contributed by atoms with E-state index in [2.05, 4.69) is 10.2 Å². The first-order chi connectivity index (χ1) is 6.50. The molecule has 80 valence electrons. The van der Waals surface area contributed by atoms with Crippen molar-refractivity contribution in [2.45, 2.75) is 32.9 Å². The monoisotopic (exact) mass is 201 g/mol. The Labute approximate surface area is 80.6 Å². The van der Waals surface area contributed by atoms with E-state index in [1.165, 1.54) is 0 Å². The molecule has 1 aromatic rings. The van der Waals surface area contributed by atoms with E-state index < -0.39 is 17.5 Å². The molecule has 0 fully saturated rings. The fourth-order valence-corrected chi connectivity index (χ4v) is 1.33. The molecular weight excluding hydrogens is 186 g/mol. The van der Waals surface area contributed by atoms with Gasteiger partial charge in [0.15, 0.2) is 0 Å². The molecule has 1 atom stereocenters. The average Bonchev–Trinajstić information content (AvgIpc) is 2.34. The second kappa shape index (κ2) is 4.28. The molecule has 0 saturated carbocycles. The number of hydrogen-bond donors (Lipinski definition) is 3. The van der Waals surface area contributed by atoms with Gasteiger partial charge in [-0.15, -0.1) is 0 Å². The standard InChI is InChI=1S/C8H15N3O3/c1-5(2)3-6(12)4-11-7(13)9-10-8(11)14/h5-6,12H,3-4H2,1-2H3,(H,9,13)(H,10,14). The van der Waals surface area contributed by atoms with Crippen molar-refractivity contribution in [2.75, 3.05) is 0 Å². The lowest BCUT2D eigenvalue weighted by atomic mass is 10.1. The first-order valence-corrected chi connectivity index (χ1v) is 4.56. The molecule has 0 aliphatic rings. The molecule has 1 rings (SSSR count). The lowest BCUT2D eigenvalue weighted by Crippen LogP contribution is -2.32. The van der Waals surface area contributed by atoms with Crippen LogP contribution in [0.5, 0.6) is 0 Å². The molecule has 1 heterocycles. The van der Waals surface area contributed by atoms with E-state index in [0.29, 0.717) is 12.3 Å². The lowest BCUT2D eigenvalue weighted by molar-refractivity contribution is 0.127. The molecule has 0 aromatic carbocycles. The molecule has 0 aliphatic heterocycles. The Bertz CT molecular complexity index is 360. The van der Waals surface area contributed by atoms with E-state index in [1.807, 2.05) is 13.8 Å². The zero-order valence-corrected chi connectivity index (χ0v) is 8.28. The molecule has 6 heteroatoms. The van der Waals surface area contributed by atoms with Crippen molar-refractivity contribution in [3.05, 3.63) is 21.0 Å². The molecule has 0 radical (unpaired) electrons. The van der Waals surface area contributed by atoms with Crippen molar-refractivity contribution in [3.63, 3.8) is 0 Å². The predicted molar refractivity (Wildman–Crippen MR) is 51.1 cm³/mol. The van der Waals surface area contributed by atoms with Gasteiger partial charge in [0.1, 0.15) is 0 Å². The van der Waals surface area contributed by atoms with E-state index >= 15 is 0 Å². The number of hydrogen-bond acceptors (Lipinski definition) is 3. The summed E-state index contributed by atoms with van der Waals surface area (Å²) in [6.07, 6.45) is -0.0959. The number of aromatic nitrogens is 3. The van der Waals surface area contributed by atoms with Gasteiger partial charge in [-0.3, -0.25) is 0 Å². The summed E-state index contributed by atoms with van der Waals surface area (Å²) in [6.45, 7) is 3.97. The molecule has 14 heavy (non-hydrogen) atoms.